The lowest BCUT2D eigenvalue weighted by Crippen LogP contribution is -2.35. The Kier molecular flexibility index (Phi) is 3.19. The fourth-order valence-corrected chi connectivity index (χ4v) is 3.16. The summed E-state index contributed by atoms with van der Waals surface area (Å²) in [5.74, 6) is 0. The third-order valence-electron chi connectivity index (χ3n) is 4.30. The molecule has 4 rings (SSSR count). The van der Waals surface area contributed by atoms with E-state index in [2.05, 4.69) is 78.2 Å². The molecule has 0 saturated carbocycles. The van der Waals surface area contributed by atoms with E-state index in [0.29, 0.717) is 0 Å². The fourth-order valence-electron chi connectivity index (χ4n) is 3.16. The normalized spacial score (nSPS) is 11.0. The van der Waals surface area contributed by atoms with Crippen molar-refractivity contribution in [2.75, 3.05) is 0 Å². The largest absolute Gasteiger partial charge is 0.240 e. The van der Waals surface area contributed by atoms with Gasteiger partial charge in [0.25, 0.3) is 0 Å². The highest BCUT2D eigenvalue weighted by Gasteiger charge is 2.20. The van der Waals surface area contributed by atoms with Gasteiger partial charge in [-0.25, -0.2) is 4.68 Å². The molecular weight excluding hydrogens is 282 g/mol. The molecule has 0 aliphatic carbocycles. The maximum Gasteiger partial charge on any atom is 0.223 e. The number of benzene rings is 2. The first-order valence-corrected chi connectivity index (χ1v) is 7.76. The third kappa shape index (κ3) is 2.21. The van der Waals surface area contributed by atoms with Crippen LogP contribution in [-0.4, -0.2) is 9.78 Å². The Hall–Kier alpha value is -2.94. The predicted octanol–water partition coefficient (Wildman–Crippen LogP) is 3.92. The number of aromatic nitrogens is 3. The Bertz CT molecular complexity index is 985. The molecule has 0 N–H and O–H groups in total. The van der Waals surface area contributed by atoms with Crippen LogP contribution in [-0.2, 0) is 0 Å². The molecule has 112 valence electrons. The molecule has 2 heterocycles. The molecule has 0 aliphatic heterocycles. The number of hydrogen-bond donors (Lipinski definition) is 0. The van der Waals surface area contributed by atoms with E-state index in [1.165, 1.54) is 27.7 Å². The number of nitrogens with zero attached hydrogens (tertiary/aromatic N) is 3. The maximum absolute atomic E-state index is 4.42. The van der Waals surface area contributed by atoms with Crippen molar-refractivity contribution in [3.05, 3.63) is 84.4 Å². The summed E-state index contributed by atoms with van der Waals surface area (Å²) in [6.07, 6.45) is 5.93. The van der Waals surface area contributed by atoms with Gasteiger partial charge in [0.15, 0.2) is 11.9 Å². The molecule has 0 fully saturated rings. The summed E-state index contributed by atoms with van der Waals surface area (Å²) < 4.78 is 4.19. The molecule has 23 heavy (non-hydrogen) atoms. The molecular formula is C20H18N3+. The van der Waals surface area contributed by atoms with Gasteiger partial charge in [0.1, 0.15) is 0 Å². The van der Waals surface area contributed by atoms with Crippen LogP contribution in [0.3, 0.4) is 0 Å². The van der Waals surface area contributed by atoms with E-state index < -0.39 is 0 Å². The minimum atomic E-state index is 1.11. The first-order valence-electron chi connectivity index (χ1n) is 7.76. The van der Waals surface area contributed by atoms with E-state index in [9.17, 15) is 0 Å². The molecule has 0 unspecified atom stereocenters. The maximum atomic E-state index is 4.42. The van der Waals surface area contributed by atoms with Crippen LogP contribution in [0.2, 0.25) is 0 Å². The summed E-state index contributed by atoms with van der Waals surface area (Å²) in [7, 11) is 0. The molecule has 0 spiro atoms. The van der Waals surface area contributed by atoms with Crippen LogP contribution in [0, 0.1) is 13.8 Å². The minimum Gasteiger partial charge on any atom is -0.240 e. The highest BCUT2D eigenvalue weighted by atomic mass is 15.3. The third-order valence-corrected chi connectivity index (χ3v) is 4.30. The number of aryl methyl sites for hydroxylation is 1. The molecule has 0 atom stereocenters. The first kappa shape index (κ1) is 13.7. The quantitative estimate of drug-likeness (QED) is 0.514. The van der Waals surface area contributed by atoms with Gasteiger partial charge in [-0.3, -0.25) is 0 Å². The van der Waals surface area contributed by atoms with E-state index in [-0.39, 0.29) is 0 Å². The first-order chi connectivity index (χ1) is 11.3. The summed E-state index contributed by atoms with van der Waals surface area (Å²) in [6.45, 7) is 4.30. The highest BCUT2D eigenvalue weighted by Crippen LogP contribution is 2.28. The fraction of sp³-hybridized carbons (Fsp3) is 0.100. The van der Waals surface area contributed by atoms with Crippen LogP contribution in [0.25, 0.3) is 22.1 Å². The van der Waals surface area contributed by atoms with Crippen molar-refractivity contribution in [3.63, 3.8) is 0 Å². The zero-order valence-electron chi connectivity index (χ0n) is 13.3. The van der Waals surface area contributed by atoms with Gasteiger partial charge in [-0.2, -0.15) is 9.67 Å². The molecule has 0 amide bonds. The highest BCUT2D eigenvalue weighted by molar-refractivity contribution is 5.92. The van der Waals surface area contributed by atoms with E-state index in [1.54, 1.807) is 0 Å². The van der Waals surface area contributed by atoms with Crippen molar-refractivity contribution in [3.8, 4) is 11.4 Å². The van der Waals surface area contributed by atoms with Crippen LogP contribution >= 0.6 is 0 Å². The number of hydrogen-bond acceptors (Lipinski definition) is 1. The van der Waals surface area contributed by atoms with Crippen LogP contribution in [0.4, 0.5) is 0 Å². The van der Waals surface area contributed by atoms with Crippen LogP contribution < -0.4 is 4.57 Å². The Morgan fingerprint density at radius 2 is 1.78 bits per heavy atom. The van der Waals surface area contributed by atoms with Gasteiger partial charge < -0.3 is 0 Å². The second kappa shape index (κ2) is 5.36. The average Bonchev–Trinajstić information content (AvgIpc) is 3.10. The van der Waals surface area contributed by atoms with Crippen molar-refractivity contribution < 1.29 is 4.57 Å². The van der Waals surface area contributed by atoms with Crippen LogP contribution in [0.15, 0.2) is 73.2 Å². The summed E-state index contributed by atoms with van der Waals surface area (Å²) >= 11 is 0. The van der Waals surface area contributed by atoms with Gasteiger partial charge in [-0.05, 0) is 30.5 Å². The van der Waals surface area contributed by atoms with E-state index in [4.69, 9.17) is 0 Å². The summed E-state index contributed by atoms with van der Waals surface area (Å²) in [5.41, 5.74) is 4.75. The van der Waals surface area contributed by atoms with Gasteiger partial charge in [0.2, 0.25) is 5.69 Å². The molecule has 0 aliphatic rings. The minimum absolute atomic E-state index is 1.11. The zero-order chi connectivity index (χ0) is 15.8. The van der Waals surface area contributed by atoms with Crippen molar-refractivity contribution in [1.29, 1.82) is 0 Å². The van der Waals surface area contributed by atoms with Crippen molar-refractivity contribution in [2.45, 2.75) is 13.8 Å². The number of rotatable bonds is 2. The number of pyridine rings is 1. The van der Waals surface area contributed by atoms with Crippen LogP contribution in [0.1, 0.15) is 11.3 Å². The lowest BCUT2D eigenvalue weighted by atomic mass is 10.0. The van der Waals surface area contributed by atoms with Gasteiger partial charge in [-0.1, -0.05) is 24.3 Å². The topological polar surface area (TPSA) is 21.7 Å². The number of fused-ring (bicyclic) bond motifs is 1. The molecule has 4 aromatic rings. The Labute approximate surface area is 135 Å². The Balaban J connectivity index is 2.13. The second-order valence-electron chi connectivity index (χ2n) is 5.75. The predicted molar refractivity (Wildman–Crippen MR) is 92.1 cm³/mol. The average molecular weight is 300 g/mol. The monoisotopic (exact) mass is 300 g/mol. The molecule has 0 saturated heterocycles. The smallest absolute Gasteiger partial charge is 0.223 e. The summed E-state index contributed by atoms with van der Waals surface area (Å²) in [4.78, 5) is 0. The van der Waals surface area contributed by atoms with E-state index in [1.807, 2.05) is 23.1 Å². The van der Waals surface area contributed by atoms with Gasteiger partial charge in [0, 0.05) is 37.0 Å². The van der Waals surface area contributed by atoms with Crippen molar-refractivity contribution in [2.24, 2.45) is 0 Å². The van der Waals surface area contributed by atoms with Gasteiger partial charge >= 0.3 is 0 Å². The summed E-state index contributed by atoms with van der Waals surface area (Å²) in [6, 6.07) is 19.0. The lowest BCUT2D eigenvalue weighted by molar-refractivity contribution is -0.601. The zero-order valence-corrected chi connectivity index (χ0v) is 13.3. The van der Waals surface area contributed by atoms with E-state index >= 15 is 0 Å². The van der Waals surface area contributed by atoms with Gasteiger partial charge in [-0.15, -0.1) is 0 Å². The second-order valence-corrected chi connectivity index (χ2v) is 5.75. The van der Waals surface area contributed by atoms with E-state index in [0.717, 1.165) is 5.69 Å². The summed E-state index contributed by atoms with van der Waals surface area (Å²) in [5, 5.41) is 6.89. The van der Waals surface area contributed by atoms with Gasteiger partial charge in [0.05, 0.1) is 11.1 Å². The molecule has 0 radical (unpaired) electrons. The Morgan fingerprint density at radius 3 is 2.57 bits per heavy atom. The molecule has 0 bridgehead atoms. The Morgan fingerprint density at radius 1 is 0.957 bits per heavy atom. The van der Waals surface area contributed by atoms with Crippen LogP contribution in [0.5, 0.6) is 0 Å². The van der Waals surface area contributed by atoms with Crippen molar-refractivity contribution in [1.82, 2.24) is 9.78 Å². The molecule has 2 aromatic carbocycles. The van der Waals surface area contributed by atoms with Crippen molar-refractivity contribution >= 4 is 10.8 Å². The molecule has 2 aromatic heterocycles. The molecule has 3 heteroatoms. The molecule has 3 nitrogen and oxygen atoms in total. The standard InChI is InChI=1S/C20H18N3/c1-15-8-5-6-12-22(15)20-16(2)19(23-13-7-11-21-23)14-17-9-3-4-10-18(17)20/h3-14H,1-2H3/q+1. The SMILES string of the molecule is Cc1c(-n2cccn2)cc2ccccc2c1-[n+]1ccccc1C. The lowest BCUT2D eigenvalue weighted by Gasteiger charge is -2.12.